The van der Waals surface area contributed by atoms with Crippen LogP contribution in [0.3, 0.4) is 0 Å². The van der Waals surface area contributed by atoms with Crippen molar-refractivity contribution in [2.45, 2.75) is 12.5 Å². The van der Waals surface area contributed by atoms with E-state index in [-0.39, 0.29) is 12.2 Å². The van der Waals surface area contributed by atoms with E-state index in [2.05, 4.69) is 10.6 Å². The molecule has 0 unspecified atom stereocenters. The fourth-order valence-corrected chi connectivity index (χ4v) is 2.46. The molecule has 3 rings (SSSR count). The molecule has 4 nitrogen and oxygen atoms in total. The van der Waals surface area contributed by atoms with Crippen molar-refractivity contribution in [2.75, 3.05) is 5.32 Å². The summed E-state index contributed by atoms with van der Waals surface area (Å²) in [4.78, 5) is 12.2. The molecule has 3 aromatic rings. The van der Waals surface area contributed by atoms with E-state index in [1.807, 2.05) is 36.4 Å². The predicted molar refractivity (Wildman–Crippen MR) is 99.1 cm³/mol. The van der Waals surface area contributed by atoms with Crippen molar-refractivity contribution in [3.8, 4) is 0 Å². The molecule has 3 aromatic carbocycles. The van der Waals surface area contributed by atoms with E-state index in [1.54, 1.807) is 54.6 Å². The molecule has 1 amide bonds. The highest BCUT2D eigenvalue weighted by molar-refractivity contribution is 5.69. The van der Waals surface area contributed by atoms with Crippen LogP contribution in [0, 0.1) is 0 Å². The zero-order chi connectivity index (χ0) is 18.2. The van der Waals surface area contributed by atoms with Crippen LogP contribution in [0.2, 0.25) is 0 Å². The second kappa shape index (κ2) is 8.16. The highest BCUT2D eigenvalue weighted by Gasteiger charge is 2.34. The molecule has 0 heterocycles. The first-order valence-electron chi connectivity index (χ1n) is 8.22. The number of para-hydroxylation sites is 1. The highest BCUT2D eigenvalue weighted by atomic mass is 19.1. The average molecular weight is 350 g/mol. The summed E-state index contributed by atoms with van der Waals surface area (Å²) in [6, 6.07) is 26.4. The van der Waals surface area contributed by atoms with Gasteiger partial charge in [-0.25, -0.2) is 4.79 Å². The van der Waals surface area contributed by atoms with E-state index in [1.165, 1.54) is 0 Å². The minimum absolute atomic E-state index is 0.0584. The molecule has 0 spiro atoms. The number of alkyl halides is 1. The van der Waals surface area contributed by atoms with Crippen molar-refractivity contribution in [1.29, 1.82) is 0 Å². The van der Waals surface area contributed by atoms with Crippen LogP contribution in [0.15, 0.2) is 91.0 Å². The van der Waals surface area contributed by atoms with Gasteiger partial charge >= 0.3 is 6.09 Å². The smallest absolute Gasteiger partial charge is 0.411 e. The maximum atomic E-state index is 15.7. The monoisotopic (exact) mass is 350 g/mol. The zero-order valence-corrected chi connectivity index (χ0v) is 14.1. The van der Waals surface area contributed by atoms with Gasteiger partial charge < -0.3 is 10.1 Å². The van der Waals surface area contributed by atoms with Crippen molar-refractivity contribution < 1.29 is 13.9 Å². The quantitative estimate of drug-likeness (QED) is 0.496. The third-order valence-electron chi connectivity index (χ3n) is 3.75. The van der Waals surface area contributed by atoms with Crippen molar-refractivity contribution >= 4 is 11.8 Å². The molecule has 0 aliphatic heterocycles. The molecule has 0 bridgehead atoms. The van der Waals surface area contributed by atoms with Gasteiger partial charge in [-0.3, -0.25) is 5.32 Å². The van der Waals surface area contributed by atoms with Gasteiger partial charge in [-0.1, -0.05) is 78.9 Å². The number of halogens is 1. The van der Waals surface area contributed by atoms with Crippen LogP contribution < -0.4 is 10.6 Å². The summed E-state index contributed by atoms with van der Waals surface area (Å²) in [6.07, 6.45) is -0.858. The van der Waals surface area contributed by atoms with Crippen LogP contribution in [0.5, 0.6) is 0 Å². The first-order chi connectivity index (χ1) is 12.7. The lowest BCUT2D eigenvalue weighted by molar-refractivity contribution is 0.0945. The number of carbonyl (C=O) groups excluding carboxylic acids is 1. The Morgan fingerprint density at radius 1 is 0.846 bits per heavy atom. The lowest BCUT2D eigenvalue weighted by Gasteiger charge is -2.28. The number of benzene rings is 3. The van der Waals surface area contributed by atoms with E-state index < -0.39 is 12.0 Å². The molecule has 0 aliphatic rings. The van der Waals surface area contributed by atoms with E-state index in [0.717, 1.165) is 5.56 Å². The van der Waals surface area contributed by atoms with E-state index in [4.69, 9.17) is 4.74 Å². The number of alkyl carbamates (subject to hydrolysis) is 1. The van der Waals surface area contributed by atoms with Gasteiger partial charge in [-0.15, -0.1) is 0 Å². The zero-order valence-electron chi connectivity index (χ0n) is 14.1. The molecule has 0 saturated heterocycles. The standard InChI is InChI=1S/C21H19FN2O2/c22-21(18-12-6-2-7-13-18,23-19-14-8-3-9-15-19)24-20(25)26-16-17-10-4-1-5-11-17/h1-15,23H,16H2,(H,24,25)/t21-/m1/s1. The molecular formula is C21H19FN2O2. The Hall–Kier alpha value is -3.34. The summed E-state index contributed by atoms with van der Waals surface area (Å²) >= 11 is 0. The maximum Gasteiger partial charge on any atom is 0.411 e. The summed E-state index contributed by atoms with van der Waals surface area (Å²) in [5.74, 6) is -2.31. The molecule has 0 fully saturated rings. The SMILES string of the molecule is O=C(N[C@](F)(Nc1ccccc1)c1ccccc1)OCc1ccccc1. The molecule has 1 atom stereocenters. The molecule has 0 aliphatic carbocycles. The number of amides is 1. The Morgan fingerprint density at radius 2 is 1.38 bits per heavy atom. The van der Waals surface area contributed by atoms with Crippen LogP contribution in [-0.4, -0.2) is 6.09 Å². The van der Waals surface area contributed by atoms with Crippen LogP contribution in [0.1, 0.15) is 11.1 Å². The van der Waals surface area contributed by atoms with Gasteiger partial charge in [0.1, 0.15) is 6.61 Å². The predicted octanol–water partition coefficient (Wildman–Crippen LogP) is 4.80. The molecular weight excluding hydrogens is 331 g/mol. The maximum absolute atomic E-state index is 15.7. The Labute approximate surface area is 151 Å². The normalized spacial score (nSPS) is 12.7. The minimum Gasteiger partial charge on any atom is -0.445 e. The second-order valence-corrected chi connectivity index (χ2v) is 5.70. The number of carbonyl (C=O) groups is 1. The van der Waals surface area contributed by atoms with Crippen molar-refractivity contribution in [3.05, 3.63) is 102 Å². The minimum atomic E-state index is -2.31. The summed E-state index contributed by atoms with van der Waals surface area (Å²) < 4.78 is 20.8. The highest BCUT2D eigenvalue weighted by Crippen LogP contribution is 2.25. The van der Waals surface area contributed by atoms with Gasteiger partial charge in [0.2, 0.25) is 0 Å². The first-order valence-corrected chi connectivity index (χ1v) is 8.22. The summed E-state index contributed by atoms with van der Waals surface area (Å²) in [5, 5.41) is 5.01. The fourth-order valence-electron chi connectivity index (χ4n) is 2.46. The van der Waals surface area contributed by atoms with Gasteiger partial charge in [-0.2, -0.15) is 4.39 Å². The van der Waals surface area contributed by atoms with E-state index in [0.29, 0.717) is 5.69 Å². The van der Waals surface area contributed by atoms with Gasteiger partial charge in [0.05, 0.1) is 0 Å². The molecule has 0 saturated carbocycles. The Kier molecular flexibility index (Phi) is 5.49. The van der Waals surface area contributed by atoms with E-state index in [9.17, 15) is 4.79 Å². The van der Waals surface area contributed by atoms with Gasteiger partial charge in [0, 0.05) is 11.3 Å². The molecule has 2 N–H and O–H groups in total. The number of nitrogens with one attached hydrogen (secondary N) is 2. The van der Waals surface area contributed by atoms with Crippen LogP contribution >= 0.6 is 0 Å². The summed E-state index contributed by atoms with van der Waals surface area (Å²) in [5.41, 5.74) is 1.62. The number of anilines is 1. The topological polar surface area (TPSA) is 50.4 Å². The van der Waals surface area contributed by atoms with Crippen LogP contribution in [-0.2, 0) is 17.3 Å². The Morgan fingerprint density at radius 3 is 2.00 bits per heavy atom. The second-order valence-electron chi connectivity index (χ2n) is 5.70. The van der Waals surface area contributed by atoms with Crippen molar-refractivity contribution in [1.82, 2.24) is 5.32 Å². The van der Waals surface area contributed by atoms with Gasteiger partial charge in [-0.05, 0) is 17.7 Å². The molecule has 26 heavy (non-hydrogen) atoms. The number of hydrogen-bond acceptors (Lipinski definition) is 3. The van der Waals surface area contributed by atoms with Gasteiger partial charge in [0.15, 0.2) is 0 Å². The van der Waals surface area contributed by atoms with Crippen molar-refractivity contribution in [2.24, 2.45) is 0 Å². The molecule has 0 radical (unpaired) electrons. The lowest BCUT2D eigenvalue weighted by Crippen LogP contribution is -2.48. The fraction of sp³-hybridized carbons (Fsp3) is 0.0952. The molecule has 132 valence electrons. The van der Waals surface area contributed by atoms with Crippen LogP contribution in [0.25, 0.3) is 0 Å². The lowest BCUT2D eigenvalue weighted by atomic mass is 10.1. The van der Waals surface area contributed by atoms with Crippen LogP contribution in [0.4, 0.5) is 14.9 Å². The van der Waals surface area contributed by atoms with E-state index >= 15 is 4.39 Å². The van der Waals surface area contributed by atoms with Crippen molar-refractivity contribution in [3.63, 3.8) is 0 Å². The molecule has 5 heteroatoms. The molecule has 0 aromatic heterocycles. The number of hydrogen-bond donors (Lipinski definition) is 2. The number of ether oxygens (including phenoxy) is 1. The average Bonchev–Trinajstić information content (AvgIpc) is 2.68. The summed E-state index contributed by atoms with van der Waals surface area (Å²) in [6.45, 7) is 0.0584. The third-order valence-corrected chi connectivity index (χ3v) is 3.75. The largest absolute Gasteiger partial charge is 0.445 e. The number of rotatable bonds is 6. The third kappa shape index (κ3) is 4.60. The Bertz CT molecular complexity index is 828. The first kappa shape index (κ1) is 17.5. The Balaban J connectivity index is 1.74. The summed E-state index contributed by atoms with van der Waals surface area (Å²) in [7, 11) is 0. The van der Waals surface area contributed by atoms with Gasteiger partial charge in [0.25, 0.3) is 5.92 Å².